The number of hydrogen-bond donors (Lipinski definition) is 1. The van der Waals surface area contributed by atoms with E-state index in [9.17, 15) is 0 Å². The number of rotatable bonds is 5. The van der Waals surface area contributed by atoms with Gasteiger partial charge in [-0.2, -0.15) is 5.10 Å². The van der Waals surface area contributed by atoms with Crippen molar-refractivity contribution in [2.24, 2.45) is 0 Å². The topological polar surface area (TPSA) is 42.7 Å². The first kappa shape index (κ1) is 11.9. The molecule has 0 fully saturated rings. The molecule has 3 aromatic rings. The van der Waals surface area contributed by atoms with Gasteiger partial charge in [-0.15, -0.1) is 0 Å². The minimum absolute atomic E-state index is 0.784. The molecule has 2 aromatic heterocycles. The average Bonchev–Trinajstić information content (AvgIpc) is 2.97. The fourth-order valence-electron chi connectivity index (χ4n) is 2.05. The highest BCUT2D eigenvalue weighted by Gasteiger charge is 1.97. The molecule has 0 spiro atoms. The Balaban J connectivity index is 1.56. The second-order valence-corrected chi connectivity index (χ2v) is 4.44. The van der Waals surface area contributed by atoms with Gasteiger partial charge in [0, 0.05) is 30.9 Å². The molecule has 0 unspecified atom stereocenters. The first-order valence-corrected chi connectivity index (χ1v) is 6.45. The summed E-state index contributed by atoms with van der Waals surface area (Å²) in [6.07, 6.45) is 3.76. The highest BCUT2D eigenvalue weighted by molar-refractivity contribution is 5.78. The third kappa shape index (κ3) is 2.98. The van der Waals surface area contributed by atoms with E-state index < -0.39 is 0 Å². The van der Waals surface area contributed by atoms with Crippen molar-refractivity contribution in [1.82, 2.24) is 20.1 Å². The van der Waals surface area contributed by atoms with Crippen molar-refractivity contribution in [1.29, 1.82) is 0 Å². The van der Waals surface area contributed by atoms with Gasteiger partial charge >= 0.3 is 0 Å². The Morgan fingerprint density at radius 1 is 1.05 bits per heavy atom. The molecule has 4 heteroatoms. The summed E-state index contributed by atoms with van der Waals surface area (Å²) in [5, 5.41) is 8.73. The van der Waals surface area contributed by atoms with E-state index in [1.807, 2.05) is 35.1 Å². The number of fused-ring (bicyclic) bond motifs is 1. The maximum absolute atomic E-state index is 4.62. The van der Waals surface area contributed by atoms with Crippen molar-refractivity contribution in [3.63, 3.8) is 0 Å². The van der Waals surface area contributed by atoms with E-state index in [0.717, 1.165) is 30.8 Å². The molecule has 2 heterocycles. The van der Waals surface area contributed by atoms with Crippen LogP contribution in [0, 0.1) is 0 Å². The highest BCUT2D eigenvalue weighted by atomic mass is 15.3. The molecule has 0 aliphatic heterocycles. The lowest BCUT2D eigenvalue weighted by molar-refractivity contribution is 0.552. The van der Waals surface area contributed by atoms with Crippen LogP contribution in [0.2, 0.25) is 0 Å². The van der Waals surface area contributed by atoms with Crippen molar-refractivity contribution in [2.75, 3.05) is 6.54 Å². The predicted octanol–water partition coefficient (Wildman–Crippen LogP) is 2.22. The largest absolute Gasteiger partial charge is 0.309 e. The highest BCUT2D eigenvalue weighted by Crippen LogP contribution is 2.11. The summed E-state index contributed by atoms with van der Waals surface area (Å²) in [6, 6.07) is 14.3. The van der Waals surface area contributed by atoms with Crippen LogP contribution in [0.1, 0.15) is 5.69 Å². The molecule has 0 saturated heterocycles. The molecular formula is C15H16N4. The van der Waals surface area contributed by atoms with Crippen LogP contribution in [0.5, 0.6) is 0 Å². The maximum atomic E-state index is 4.62. The number of nitrogens with one attached hydrogen (secondary N) is 1. The SMILES string of the molecule is c1ccc2nc(CNCCn3cccn3)ccc2c1. The molecule has 0 saturated carbocycles. The van der Waals surface area contributed by atoms with Crippen LogP contribution < -0.4 is 5.32 Å². The fraction of sp³-hybridized carbons (Fsp3) is 0.200. The summed E-state index contributed by atoms with van der Waals surface area (Å²) in [7, 11) is 0. The van der Waals surface area contributed by atoms with Crippen LogP contribution in [0.3, 0.4) is 0 Å². The van der Waals surface area contributed by atoms with Gasteiger partial charge in [-0.25, -0.2) is 0 Å². The zero-order valence-electron chi connectivity index (χ0n) is 10.7. The number of pyridine rings is 1. The maximum Gasteiger partial charge on any atom is 0.0705 e. The second kappa shape index (κ2) is 5.63. The molecule has 0 aliphatic carbocycles. The van der Waals surface area contributed by atoms with Crippen LogP contribution in [0.4, 0.5) is 0 Å². The lowest BCUT2D eigenvalue weighted by Gasteiger charge is -2.05. The van der Waals surface area contributed by atoms with Crippen LogP contribution in [0.15, 0.2) is 54.9 Å². The normalized spacial score (nSPS) is 10.9. The van der Waals surface area contributed by atoms with Gasteiger partial charge in [0.1, 0.15) is 0 Å². The van der Waals surface area contributed by atoms with Gasteiger partial charge in [0.25, 0.3) is 0 Å². The minimum atomic E-state index is 0.784. The summed E-state index contributed by atoms with van der Waals surface area (Å²) in [4.78, 5) is 4.62. The number of para-hydroxylation sites is 1. The number of benzene rings is 1. The number of nitrogens with zero attached hydrogens (tertiary/aromatic N) is 3. The zero-order chi connectivity index (χ0) is 12.9. The van der Waals surface area contributed by atoms with E-state index in [2.05, 4.69) is 33.6 Å². The molecule has 0 bridgehead atoms. The molecule has 4 nitrogen and oxygen atoms in total. The molecule has 1 aromatic carbocycles. The van der Waals surface area contributed by atoms with E-state index in [-0.39, 0.29) is 0 Å². The standard InChI is InChI=1S/C15H16N4/c1-2-5-15-13(4-1)6-7-14(18-15)12-16-9-11-19-10-3-8-17-19/h1-8,10,16H,9,11-12H2. The molecule has 0 atom stereocenters. The van der Waals surface area contributed by atoms with Gasteiger partial charge in [0.15, 0.2) is 0 Å². The molecule has 96 valence electrons. The Labute approximate surface area is 112 Å². The third-order valence-electron chi connectivity index (χ3n) is 3.04. The number of aromatic nitrogens is 3. The molecule has 19 heavy (non-hydrogen) atoms. The summed E-state index contributed by atoms with van der Waals surface area (Å²) < 4.78 is 1.92. The Kier molecular flexibility index (Phi) is 3.51. The van der Waals surface area contributed by atoms with E-state index in [0.29, 0.717) is 0 Å². The Hall–Kier alpha value is -2.20. The monoisotopic (exact) mass is 252 g/mol. The zero-order valence-corrected chi connectivity index (χ0v) is 10.7. The van der Waals surface area contributed by atoms with Crippen LogP contribution in [-0.4, -0.2) is 21.3 Å². The smallest absolute Gasteiger partial charge is 0.0705 e. The molecule has 0 aliphatic rings. The van der Waals surface area contributed by atoms with Crippen molar-refractivity contribution in [2.45, 2.75) is 13.1 Å². The number of hydrogen-bond acceptors (Lipinski definition) is 3. The molecule has 0 radical (unpaired) electrons. The van der Waals surface area contributed by atoms with Gasteiger partial charge in [0.05, 0.1) is 17.8 Å². The van der Waals surface area contributed by atoms with E-state index in [4.69, 9.17) is 0 Å². The van der Waals surface area contributed by atoms with Crippen LogP contribution in [-0.2, 0) is 13.1 Å². The second-order valence-electron chi connectivity index (χ2n) is 4.44. The Bertz CT molecular complexity index is 646. The van der Waals surface area contributed by atoms with Gasteiger partial charge in [-0.05, 0) is 18.2 Å². The molecule has 0 amide bonds. The summed E-state index contributed by atoms with van der Waals surface area (Å²) in [5.74, 6) is 0. The van der Waals surface area contributed by atoms with Gasteiger partial charge < -0.3 is 5.32 Å². The lowest BCUT2D eigenvalue weighted by atomic mass is 10.2. The van der Waals surface area contributed by atoms with Gasteiger partial charge in [-0.1, -0.05) is 24.3 Å². The molecular weight excluding hydrogens is 236 g/mol. The quantitative estimate of drug-likeness (QED) is 0.708. The first-order valence-electron chi connectivity index (χ1n) is 6.45. The van der Waals surface area contributed by atoms with Crippen LogP contribution >= 0.6 is 0 Å². The fourth-order valence-corrected chi connectivity index (χ4v) is 2.05. The van der Waals surface area contributed by atoms with Gasteiger partial charge in [-0.3, -0.25) is 9.67 Å². The first-order chi connectivity index (χ1) is 9.42. The van der Waals surface area contributed by atoms with E-state index in [1.165, 1.54) is 5.39 Å². The van der Waals surface area contributed by atoms with Crippen LogP contribution in [0.25, 0.3) is 10.9 Å². The van der Waals surface area contributed by atoms with Crippen molar-refractivity contribution in [3.8, 4) is 0 Å². The third-order valence-corrected chi connectivity index (χ3v) is 3.04. The lowest BCUT2D eigenvalue weighted by Crippen LogP contribution is -2.20. The predicted molar refractivity (Wildman–Crippen MR) is 75.7 cm³/mol. The molecule has 3 rings (SSSR count). The summed E-state index contributed by atoms with van der Waals surface area (Å²) >= 11 is 0. The Morgan fingerprint density at radius 3 is 2.89 bits per heavy atom. The summed E-state index contributed by atoms with van der Waals surface area (Å²) in [5.41, 5.74) is 2.12. The Morgan fingerprint density at radius 2 is 2.00 bits per heavy atom. The van der Waals surface area contributed by atoms with Crippen molar-refractivity contribution >= 4 is 10.9 Å². The van der Waals surface area contributed by atoms with E-state index >= 15 is 0 Å². The minimum Gasteiger partial charge on any atom is -0.309 e. The summed E-state index contributed by atoms with van der Waals surface area (Å²) in [6.45, 7) is 2.54. The van der Waals surface area contributed by atoms with Crippen molar-refractivity contribution in [3.05, 3.63) is 60.6 Å². The van der Waals surface area contributed by atoms with Gasteiger partial charge in [0.2, 0.25) is 0 Å². The molecule has 1 N–H and O–H groups in total. The van der Waals surface area contributed by atoms with E-state index in [1.54, 1.807) is 6.20 Å². The average molecular weight is 252 g/mol. The van der Waals surface area contributed by atoms with Crippen molar-refractivity contribution < 1.29 is 0 Å².